The molecule has 25 heavy (non-hydrogen) atoms. The molecule has 5 nitrogen and oxygen atoms in total. The Bertz CT molecular complexity index is 606. The Kier molecular flexibility index (Phi) is 4.87. The molecule has 1 aliphatic heterocycles. The van der Waals surface area contributed by atoms with Crippen molar-refractivity contribution >= 4 is 5.91 Å². The normalized spacial score (nSPS) is 33.0. The Labute approximate surface area is 150 Å². The van der Waals surface area contributed by atoms with Crippen LogP contribution in [0.25, 0.3) is 0 Å². The molecular formula is C20H30N2O3. The van der Waals surface area contributed by atoms with Crippen LogP contribution in [0.5, 0.6) is 0 Å². The summed E-state index contributed by atoms with van der Waals surface area (Å²) < 4.78 is 5.91. The molecular weight excluding hydrogens is 316 g/mol. The maximum atomic E-state index is 12.5. The Morgan fingerprint density at radius 3 is 2.64 bits per heavy atom. The fourth-order valence-corrected chi connectivity index (χ4v) is 4.48. The van der Waals surface area contributed by atoms with Crippen molar-refractivity contribution in [2.75, 3.05) is 26.2 Å². The number of rotatable bonds is 5. The summed E-state index contributed by atoms with van der Waals surface area (Å²) in [5.74, 6) is 3.61. The van der Waals surface area contributed by atoms with Crippen molar-refractivity contribution in [3.63, 3.8) is 0 Å². The van der Waals surface area contributed by atoms with Crippen molar-refractivity contribution in [2.24, 2.45) is 5.92 Å². The van der Waals surface area contributed by atoms with Crippen LogP contribution in [-0.4, -0.2) is 59.1 Å². The third-order valence-electron chi connectivity index (χ3n) is 6.32. The van der Waals surface area contributed by atoms with Crippen LogP contribution < -0.4 is 0 Å². The van der Waals surface area contributed by atoms with Gasteiger partial charge in [-0.15, -0.1) is 0 Å². The summed E-state index contributed by atoms with van der Waals surface area (Å²) in [6.45, 7) is 5.59. The fourth-order valence-electron chi connectivity index (χ4n) is 4.48. The zero-order chi connectivity index (χ0) is 17.4. The molecule has 0 bridgehead atoms. The smallest absolute Gasteiger partial charge is 0.223 e. The number of carbonyl (C=O) groups is 1. The average Bonchev–Trinajstić information content (AvgIpc) is 3.01. The first-order valence-electron chi connectivity index (χ1n) is 9.90. The van der Waals surface area contributed by atoms with Gasteiger partial charge in [-0.2, -0.15) is 0 Å². The highest BCUT2D eigenvalue weighted by Gasteiger charge is 2.36. The summed E-state index contributed by atoms with van der Waals surface area (Å²) in [4.78, 5) is 16.8. The number of carbonyl (C=O) groups excluding carboxylic acids is 1. The highest BCUT2D eigenvalue weighted by Crippen LogP contribution is 2.47. The Hall–Kier alpha value is -1.33. The van der Waals surface area contributed by atoms with E-state index in [0.717, 1.165) is 62.9 Å². The van der Waals surface area contributed by atoms with Crippen LogP contribution >= 0.6 is 0 Å². The first-order valence-corrected chi connectivity index (χ1v) is 9.90. The van der Waals surface area contributed by atoms with E-state index in [1.165, 1.54) is 6.42 Å². The van der Waals surface area contributed by atoms with Gasteiger partial charge in [0.15, 0.2) is 0 Å². The monoisotopic (exact) mass is 346 g/mol. The molecule has 1 aromatic heterocycles. The summed E-state index contributed by atoms with van der Waals surface area (Å²) in [5, 5.41) is 10.1. The quantitative estimate of drug-likeness (QED) is 0.889. The van der Waals surface area contributed by atoms with Crippen molar-refractivity contribution in [3.05, 3.63) is 23.7 Å². The van der Waals surface area contributed by atoms with E-state index < -0.39 is 0 Å². The van der Waals surface area contributed by atoms with Crippen molar-refractivity contribution in [3.8, 4) is 0 Å². The molecule has 2 saturated carbocycles. The zero-order valence-electron chi connectivity index (χ0n) is 15.2. The molecule has 1 saturated heterocycles. The van der Waals surface area contributed by atoms with Gasteiger partial charge in [0.05, 0.1) is 6.10 Å². The van der Waals surface area contributed by atoms with E-state index in [1.54, 1.807) is 0 Å². The number of piperazine rings is 1. The number of hydrogen-bond acceptors (Lipinski definition) is 4. The van der Waals surface area contributed by atoms with Crippen LogP contribution in [0.15, 0.2) is 16.5 Å². The van der Waals surface area contributed by atoms with E-state index in [0.29, 0.717) is 24.8 Å². The zero-order valence-corrected chi connectivity index (χ0v) is 15.2. The molecule has 4 rings (SSSR count). The molecule has 0 radical (unpaired) electrons. The second kappa shape index (κ2) is 7.12. The van der Waals surface area contributed by atoms with E-state index in [-0.39, 0.29) is 12.0 Å². The van der Waals surface area contributed by atoms with Crippen molar-refractivity contribution in [1.29, 1.82) is 0 Å². The molecule has 0 spiro atoms. The van der Waals surface area contributed by atoms with Gasteiger partial charge in [-0.25, -0.2) is 0 Å². The van der Waals surface area contributed by atoms with E-state index in [9.17, 15) is 9.90 Å². The number of nitrogens with zero attached hydrogens (tertiary/aromatic N) is 2. The number of furan rings is 1. The molecule has 1 amide bonds. The second-order valence-electron chi connectivity index (χ2n) is 8.11. The van der Waals surface area contributed by atoms with Crippen LogP contribution in [0.2, 0.25) is 0 Å². The number of hydrogen-bond donors (Lipinski definition) is 1. The van der Waals surface area contributed by atoms with Crippen LogP contribution in [0.3, 0.4) is 0 Å². The van der Waals surface area contributed by atoms with Gasteiger partial charge >= 0.3 is 0 Å². The minimum absolute atomic E-state index is 0.176. The lowest BCUT2D eigenvalue weighted by molar-refractivity contribution is -0.133. The average molecular weight is 346 g/mol. The number of aryl methyl sites for hydroxylation is 1. The predicted octanol–water partition coefficient (Wildman–Crippen LogP) is 2.39. The van der Waals surface area contributed by atoms with Gasteiger partial charge in [0.1, 0.15) is 11.5 Å². The number of aliphatic hydroxyl groups excluding tert-OH is 1. The molecule has 3 aliphatic rings. The standard InChI is InChI=1S/C20H30N2O3/c1-14-13-16(14)19-7-5-15(25-19)6-8-20(24)22-11-9-21(10-12-22)17-3-2-4-18(17)23/h5,7,14,16-18,23H,2-4,6,8-13H2,1H3. The van der Waals surface area contributed by atoms with Crippen molar-refractivity contribution < 1.29 is 14.3 Å². The fraction of sp³-hybridized carbons (Fsp3) is 0.750. The Balaban J connectivity index is 1.22. The first-order chi connectivity index (χ1) is 12.1. The van der Waals surface area contributed by atoms with Crippen LogP contribution in [-0.2, 0) is 11.2 Å². The Morgan fingerprint density at radius 1 is 1.24 bits per heavy atom. The molecule has 5 heteroatoms. The third-order valence-corrected chi connectivity index (χ3v) is 6.32. The lowest BCUT2D eigenvalue weighted by atomic mass is 10.1. The van der Waals surface area contributed by atoms with E-state index in [2.05, 4.69) is 17.9 Å². The second-order valence-corrected chi connectivity index (χ2v) is 8.11. The van der Waals surface area contributed by atoms with Crippen molar-refractivity contribution in [1.82, 2.24) is 9.80 Å². The molecule has 138 valence electrons. The molecule has 2 heterocycles. The summed E-state index contributed by atoms with van der Waals surface area (Å²) in [6, 6.07) is 4.43. The first kappa shape index (κ1) is 17.1. The van der Waals surface area contributed by atoms with E-state index in [4.69, 9.17) is 4.42 Å². The molecule has 4 atom stereocenters. The summed E-state index contributed by atoms with van der Waals surface area (Å²) >= 11 is 0. The van der Waals surface area contributed by atoms with Gasteiger partial charge in [0, 0.05) is 51.0 Å². The van der Waals surface area contributed by atoms with Gasteiger partial charge in [-0.05, 0) is 43.7 Å². The van der Waals surface area contributed by atoms with E-state index >= 15 is 0 Å². The lowest BCUT2D eigenvalue weighted by Gasteiger charge is -2.39. The highest BCUT2D eigenvalue weighted by molar-refractivity contribution is 5.76. The molecule has 1 aromatic rings. The molecule has 1 N–H and O–H groups in total. The summed E-state index contributed by atoms with van der Waals surface area (Å²) in [6.07, 6.45) is 5.41. The largest absolute Gasteiger partial charge is 0.466 e. The molecule has 4 unspecified atom stereocenters. The SMILES string of the molecule is CC1CC1c1ccc(CCC(=O)N2CCN(C3CCCC3O)CC2)o1. The Morgan fingerprint density at radius 2 is 2.00 bits per heavy atom. The predicted molar refractivity (Wildman–Crippen MR) is 95.3 cm³/mol. The maximum absolute atomic E-state index is 12.5. The number of aliphatic hydroxyl groups is 1. The minimum atomic E-state index is -0.176. The highest BCUT2D eigenvalue weighted by atomic mass is 16.3. The van der Waals surface area contributed by atoms with Crippen LogP contribution in [0, 0.1) is 5.92 Å². The van der Waals surface area contributed by atoms with Gasteiger partial charge in [-0.1, -0.05) is 6.92 Å². The lowest BCUT2D eigenvalue weighted by Crippen LogP contribution is -2.53. The van der Waals surface area contributed by atoms with Gasteiger partial charge in [0.2, 0.25) is 5.91 Å². The van der Waals surface area contributed by atoms with Crippen LogP contribution in [0.4, 0.5) is 0 Å². The van der Waals surface area contributed by atoms with Crippen LogP contribution in [0.1, 0.15) is 56.5 Å². The van der Waals surface area contributed by atoms with Gasteiger partial charge in [0.25, 0.3) is 0 Å². The van der Waals surface area contributed by atoms with Gasteiger partial charge in [-0.3, -0.25) is 9.69 Å². The topological polar surface area (TPSA) is 56.9 Å². The number of amides is 1. The molecule has 0 aromatic carbocycles. The third kappa shape index (κ3) is 3.77. The molecule has 2 aliphatic carbocycles. The molecule has 3 fully saturated rings. The maximum Gasteiger partial charge on any atom is 0.223 e. The minimum Gasteiger partial charge on any atom is -0.466 e. The van der Waals surface area contributed by atoms with Crippen molar-refractivity contribution in [2.45, 2.75) is 63.5 Å². The summed E-state index contributed by atoms with van der Waals surface area (Å²) in [5.41, 5.74) is 0. The summed E-state index contributed by atoms with van der Waals surface area (Å²) in [7, 11) is 0. The van der Waals surface area contributed by atoms with Gasteiger partial charge < -0.3 is 14.4 Å². The van der Waals surface area contributed by atoms with E-state index in [1.807, 2.05) is 11.0 Å².